The summed E-state index contributed by atoms with van der Waals surface area (Å²) in [5.41, 5.74) is 1.76. The van der Waals surface area contributed by atoms with E-state index in [1.807, 2.05) is 6.07 Å². The van der Waals surface area contributed by atoms with Crippen LogP contribution in [0.1, 0.15) is 41.6 Å². The summed E-state index contributed by atoms with van der Waals surface area (Å²) in [6.07, 6.45) is 4.02. The largest absolute Gasteiger partial charge is 0.497 e. The van der Waals surface area contributed by atoms with Crippen molar-refractivity contribution in [2.45, 2.75) is 44.3 Å². The molecular weight excluding hydrogens is 329 g/mol. The number of ketones is 1. The van der Waals surface area contributed by atoms with Crippen LogP contribution in [-0.4, -0.2) is 29.9 Å². The maximum atomic E-state index is 13.8. The van der Waals surface area contributed by atoms with Gasteiger partial charge in [0.25, 0.3) is 0 Å². The minimum atomic E-state index is -0.419. The number of ether oxygens (including phenoxy) is 1. The Morgan fingerprint density at radius 3 is 2.46 bits per heavy atom. The van der Waals surface area contributed by atoms with Crippen molar-refractivity contribution in [2.75, 3.05) is 7.11 Å². The minimum Gasteiger partial charge on any atom is -0.497 e. The standard InChI is InChI=1S/C22H24FNO2/c1-26-21-12-16(9-18(23)13-21)22(25)17-10-19-7-8-20(11-17)24(19)14-15-5-3-2-4-6-15/h2-6,9,12-13,17,19-20H,7-8,10-11,14H2,1H3. The molecule has 2 aliphatic heterocycles. The molecule has 0 aromatic heterocycles. The first kappa shape index (κ1) is 17.2. The fourth-order valence-corrected chi connectivity index (χ4v) is 4.60. The molecule has 0 spiro atoms. The molecule has 2 unspecified atom stereocenters. The lowest BCUT2D eigenvalue weighted by atomic mass is 9.84. The zero-order valence-corrected chi connectivity index (χ0v) is 15.0. The average Bonchev–Trinajstić information content (AvgIpc) is 2.89. The molecule has 4 rings (SSSR count). The van der Waals surface area contributed by atoms with Gasteiger partial charge in [-0.25, -0.2) is 4.39 Å². The van der Waals surface area contributed by atoms with Crippen molar-refractivity contribution >= 4 is 5.78 Å². The van der Waals surface area contributed by atoms with Crippen LogP contribution in [0.15, 0.2) is 48.5 Å². The van der Waals surface area contributed by atoms with Crippen LogP contribution in [0.5, 0.6) is 5.75 Å². The lowest BCUT2D eigenvalue weighted by molar-refractivity contribution is 0.0677. The molecule has 2 bridgehead atoms. The second kappa shape index (κ2) is 7.20. The van der Waals surface area contributed by atoms with E-state index in [2.05, 4.69) is 29.2 Å². The highest BCUT2D eigenvalue weighted by atomic mass is 19.1. The number of nitrogens with zero attached hydrogens (tertiary/aromatic N) is 1. The Balaban J connectivity index is 1.48. The van der Waals surface area contributed by atoms with Gasteiger partial charge in [0.1, 0.15) is 11.6 Å². The molecule has 2 aromatic rings. The van der Waals surface area contributed by atoms with Crippen molar-refractivity contribution in [2.24, 2.45) is 5.92 Å². The van der Waals surface area contributed by atoms with Crippen molar-refractivity contribution in [3.63, 3.8) is 0 Å². The summed E-state index contributed by atoms with van der Waals surface area (Å²) in [6.45, 7) is 0.949. The number of Topliss-reactive ketones (excluding diaryl/α,β-unsaturated/α-hetero) is 1. The van der Waals surface area contributed by atoms with Gasteiger partial charge in [-0.1, -0.05) is 30.3 Å². The van der Waals surface area contributed by atoms with Crippen molar-refractivity contribution in [3.8, 4) is 5.75 Å². The zero-order valence-electron chi connectivity index (χ0n) is 15.0. The lowest BCUT2D eigenvalue weighted by Gasteiger charge is -2.38. The fraction of sp³-hybridized carbons (Fsp3) is 0.409. The van der Waals surface area contributed by atoms with Crippen LogP contribution in [0.4, 0.5) is 4.39 Å². The highest BCUT2D eigenvalue weighted by Gasteiger charge is 2.42. The van der Waals surface area contributed by atoms with Gasteiger partial charge in [0.15, 0.2) is 5.78 Å². The van der Waals surface area contributed by atoms with Gasteiger partial charge >= 0.3 is 0 Å². The predicted octanol–water partition coefficient (Wildman–Crippen LogP) is 4.46. The third-order valence-electron chi connectivity index (χ3n) is 5.85. The molecule has 2 aliphatic rings. The van der Waals surface area contributed by atoms with Gasteiger partial charge in [0.05, 0.1) is 7.11 Å². The topological polar surface area (TPSA) is 29.5 Å². The van der Waals surface area contributed by atoms with Crippen molar-refractivity contribution < 1.29 is 13.9 Å². The summed E-state index contributed by atoms with van der Waals surface area (Å²) >= 11 is 0. The smallest absolute Gasteiger partial charge is 0.166 e. The second-order valence-corrected chi connectivity index (χ2v) is 7.46. The minimum absolute atomic E-state index is 0.0222. The molecular formula is C22H24FNO2. The van der Waals surface area contributed by atoms with Gasteiger partial charge in [0.2, 0.25) is 0 Å². The van der Waals surface area contributed by atoms with E-state index >= 15 is 0 Å². The number of piperidine rings is 1. The van der Waals surface area contributed by atoms with Crippen molar-refractivity contribution in [1.29, 1.82) is 0 Å². The van der Waals surface area contributed by atoms with Gasteiger partial charge in [-0.05, 0) is 43.4 Å². The first-order chi connectivity index (χ1) is 12.6. The number of carbonyl (C=O) groups is 1. The number of hydrogen-bond acceptors (Lipinski definition) is 3. The molecule has 4 heteroatoms. The number of rotatable bonds is 5. The highest BCUT2D eigenvalue weighted by molar-refractivity contribution is 5.98. The van der Waals surface area contributed by atoms with Crippen LogP contribution >= 0.6 is 0 Å². The summed E-state index contributed by atoms with van der Waals surface area (Å²) < 4.78 is 18.9. The van der Waals surface area contributed by atoms with Gasteiger partial charge in [-0.15, -0.1) is 0 Å². The van der Waals surface area contributed by atoms with Gasteiger partial charge in [-0.2, -0.15) is 0 Å². The van der Waals surface area contributed by atoms with Crippen molar-refractivity contribution in [3.05, 3.63) is 65.5 Å². The molecule has 3 nitrogen and oxygen atoms in total. The molecule has 2 saturated heterocycles. The van der Waals surface area contributed by atoms with Gasteiger partial charge in [-0.3, -0.25) is 9.69 Å². The number of fused-ring (bicyclic) bond motifs is 2. The summed E-state index contributed by atoms with van der Waals surface area (Å²) in [6, 6.07) is 15.7. The third kappa shape index (κ3) is 3.38. The Morgan fingerprint density at radius 2 is 1.81 bits per heavy atom. The molecule has 0 saturated carbocycles. The maximum absolute atomic E-state index is 13.8. The average molecular weight is 353 g/mol. The molecule has 0 aliphatic carbocycles. The van der Waals surface area contributed by atoms with Crippen LogP contribution in [0.3, 0.4) is 0 Å². The molecule has 136 valence electrons. The third-order valence-corrected chi connectivity index (χ3v) is 5.85. The Bertz CT molecular complexity index is 778. The van der Waals surface area contributed by atoms with Crippen LogP contribution in [0, 0.1) is 11.7 Å². The summed E-state index contributed by atoms with van der Waals surface area (Å²) in [5, 5.41) is 0. The van der Waals surface area contributed by atoms with E-state index in [0.29, 0.717) is 23.4 Å². The Hall–Kier alpha value is -2.20. The molecule has 26 heavy (non-hydrogen) atoms. The van der Waals surface area contributed by atoms with E-state index in [-0.39, 0.29) is 11.7 Å². The van der Waals surface area contributed by atoms with E-state index in [9.17, 15) is 9.18 Å². The molecule has 0 amide bonds. The molecule has 0 radical (unpaired) electrons. The zero-order chi connectivity index (χ0) is 18.1. The maximum Gasteiger partial charge on any atom is 0.166 e. The van der Waals surface area contributed by atoms with E-state index in [1.54, 1.807) is 6.07 Å². The monoisotopic (exact) mass is 353 g/mol. The normalized spacial score (nSPS) is 25.2. The predicted molar refractivity (Wildman–Crippen MR) is 98.8 cm³/mol. The fourth-order valence-electron chi connectivity index (χ4n) is 4.60. The van der Waals surface area contributed by atoms with Gasteiger partial charge < -0.3 is 4.74 Å². The summed E-state index contributed by atoms with van der Waals surface area (Å²) in [5.74, 6) is 0.0140. The number of hydrogen-bond donors (Lipinski definition) is 0. The highest BCUT2D eigenvalue weighted by Crippen LogP contribution is 2.41. The van der Waals surface area contributed by atoms with E-state index < -0.39 is 5.82 Å². The van der Waals surface area contributed by atoms with Crippen LogP contribution in [0.2, 0.25) is 0 Å². The Morgan fingerprint density at radius 1 is 1.12 bits per heavy atom. The first-order valence-electron chi connectivity index (χ1n) is 9.32. The van der Waals surface area contributed by atoms with Crippen molar-refractivity contribution in [1.82, 2.24) is 4.90 Å². The Labute approximate surface area is 153 Å². The number of halogens is 1. The van der Waals surface area contributed by atoms with Gasteiger partial charge in [0, 0.05) is 36.2 Å². The number of methoxy groups -OCH3 is 1. The quantitative estimate of drug-likeness (QED) is 0.743. The summed E-state index contributed by atoms with van der Waals surface area (Å²) in [7, 11) is 1.49. The van der Waals surface area contributed by atoms with Crippen LogP contribution in [-0.2, 0) is 6.54 Å². The van der Waals surface area contributed by atoms with Crippen LogP contribution in [0.25, 0.3) is 0 Å². The molecule has 2 heterocycles. The Kier molecular flexibility index (Phi) is 4.77. The summed E-state index contributed by atoms with van der Waals surface area (Å²) in [4.78, 5) is 15.5. The first-order valence-corrected chi connectivity index (χ1v) is 9.32. The number of benzene rings is 2. The SMILES string of the molecule is COc1cc(F)cc(C(=O)C2CC3CCC(C2)N3Cc2ccccc2)c1. The molecule has 2 atom stereocenters. The van der Waals surface area contributed by atoms with E-state index in [0.717, 1.165) is 32.2 Å². The second-order valence-electron chi connectivity index (χ2n) is 7.46. The molecule has 0 N–H and O–H groups in total. The molecule has 2 fully saturated rings. The van der Waals surface area contributed by atoms with E-state index in [4.69, 9.17) is 4.74 Å². The lowest BCUT2D eigenvalue weighted by Crippen LogP contribution is -2.44. The van der Waals surface area contributed by atoms with Crippen LogP contribution < -0.4 is 4.74 Å². The molecule has 2 aromatic carbocycles. The van der Waals surface area contributed by atoms with E-state index in [1.165, 1.54) is 24.8 Å². The number of carbonyl (C=O) groups excluding carboxylic acids is 1.